The van der Waals surface area contributed by atoms with Crippen LogP contribution >= 0.6 is 0 Å². The van der Waals surface area contributed by atoms with Gasteiger partial charge in [0.25, 0.3) is 0 Å². The van der Waals surface area contributed by atoms with Crippen LogP contribution in [0.4, 0.5) is 29.5 Å². The molecule has 0 radical (unpaired) electrons. The standard InChI is InChI=1S/C24H24F3N5O/c1-15-20(13-17-4-3-5-18(25)12-17)23(29-16(2)28-15)31-8-10-32(11-9-31)24(33)30-19-6-7-21(26)22(27)14-19/h3-7,12,14H,8-11,13H2,1-2H3,(H,30,33). The number of halogens is 3. The van der Waals surface area contributed by atoms with Gasteiger partial charge in [0.2, 0.25) is 0 Å². The van der Waals surface area contributed by atoms with Crippen LogP contribution in [0, 0.1) is 31.3 Å². The molecule has 2 aromatic carbocycles. The molecule has 0 bridgehead atoms. The number of amides is 2. The van der Waals surface area contributed by atoms with Crippen molar-refractivity contribution in [3.8, 4) is 0 Å². The van der Waals surface area contributed by atoms with Crippen molar-refractivity contribution in [2.45, 2.75) is 20.3 Å². The summed E-state index contributed by atoms with van der Waals surface area (Å²) in [6.07, 6.45) is 0.496. The summed E-state index contributed by atoms with van der Waals surface area (Å²) >= 11 is 0. The van der Waals surface area contributed by atoms with E-state index in [-0.39, 0.29) is 17.5 Å². The van der Waals surface area contributed by atoms with Crippen LogP contribution in [0.25, 0.3) is 0 Å². The van der Waals surface area contributed by atoms with Crippen molar-refractivity contribution >= 4 is 17.5 Å². The van der Waals surface area contributed by atoms with Crippen LogP contribution in [0.15, 0.2) is 42.5 Å². The Morgan fingerprint density at radius 3 is 2.42 bits per heavy atom. The molecule has 1 fully saturated rings. The van der Waals surface area contributed by atoms with Crippen LogP contribution in [0.3, 0.4) is 0 Å². The lowest BCUT2D eigenvalue weighted by atomic mass is 10.0. The van der Waals surface area contributed by atoms with Gasteiger partial charge in [-0.05, 0) is 43.7 Å². The van der Waals surface area contributed by atoms with Crippen molar-refractivity contribution in [3.63, 3.8) is 0 Å². The first kappa shape index (κ1) is 22.6. The minimum Gasteiger partial charge on any atom is -0.353 e. The van der Waals surface area contributed by atoms with Crippen LogP contribution in [-0.4, -0.2) is 47.1 Å². The maximum Gasteiger partial charge on any atom is 0.321 e. The monoisotopic (exact) mass is 455 g/mol. The topological polar surface area (TPSA) is 61.4 Å². The molecule has 1 aliphatic heterocycles. The Hall–Kier alpha value is -3.62. The van der Waals surface area contributed by atoms with Gasteiger partial charge < -0.3 is 15.1 Å². The van der Waals surface area contributed by atoms with E-state index in [0.717, 1.165) is 34.8 Å². The molecule has 33 heavy (non-hydrogen) atoms. The molecule has 0 spiro atoms. The largest absolute Gasteiger partial charge is 0.353 e. The molecule has 1 aliphatic rings. The summed E-state index contributed by atoms with van der Waals surface area (Å²) in [6, 6.07) is 9.33. The van der Waals surface area contributed by atoms with E-state index in [0.29, 0.717) is 38.4 Å². The van der Waals surface area contributed by atoms with Crippen molar-refractivity contribution in [3.05, 3.63) is 82.6 Å². The first-order valence-electron chi connectivity index (χ1n) is 10.6. The lowest BCUT2D eigenvalue weighted by Crippen LogP contribution is -2.50. The summed E-state index contributed by atoms with van der Waals surface area (Å²) in [7, 11) is 0. The van der Waals surface area contributed by atoms with Crippen molar-refractivity contribution in [2.24, 2.45) is 0 Å². The molecule has 4 rings (SSSR count). The third-order valence-electron chi connectivity index (χ3n) is 5.61. The van der Waals surface area contributed by atoms with Crippen molar-refractivity contribution in [1.29, 1.82) is 0 Å². The van der Waals surface area contributed by atoms with Gasteiger partial charge in [-0.1, -0.05) is 12.1 Å². The first-order chi connectivity index (χ1) is 15.8. The first-order valence-corrected chi connectivity index (χ1v) is 10.6. The van der Waals surface area contributed by atoms with Crippen LogP contribution in [0.1, 0.15) is 22.6 Å². The van der Waals surface area contributed by atoms with Gasteiger partial charge in [0, 0.05) is 55.6 Å². The highest BCUT2D eigenvalue weighted by atomic mass is 19.2. The average Bonchev–Trinajstić information content (AvgIpc) is 2.78. The molecule has 6 nitrogen and oxygen atoms in total. The quantitative estimate of drug-likeness (QED) is 0.631. The molecule has 2 heterocycles. The molecular weight excluding hydrogens is 431 g/mol. The average molecular weight is 455 g/mol. The summed E-state index contributed by atoms with van der Waals surface area (Å²) < 4.78 is 40.2. The summed E-state index contributed by atoms with van der Waals surface area (Å²) in [4.78, 5) is 25.4. The molecule has 1 N–H and O–H groups in total. The molecule has 9 heteroatoms. The van der Waals surface area contributed by atoms with E-state index < -0.39 is 11.6 Å². The van der Waals surface area contributed by atoms with Gasteiger partial charge in [0.15, 0.2) is 11.6 Å². The third-order valence-corrected chi connectivity index (χ3v) is 5.61. The Kier molecular flexibility index (Phi) is 6.48. The van der Waals surface area contributed by atoms with E-state index >= 15 is 0 Å². The van der Waals surface area contributed by atoms with Crippen molar-refractivity contribution < 1.29 is 18.0 Å². The van der Waals surface area contributed by atoms with Crippen LogP contribution in [-0.2, 0) is 6.42 Å². The zero-order chi connectivity index (χ0) is 23.5. The Bertz CT molecular complexity index is 1180. The fourth-order valence-corrected chi connectivity index (χ4v) is 3.94. The van der Waals surface area contributed by atoms with Crippen molar-refractivity contribution in [1.82, 2.24) is 14.9 Å². The van der Waals surface area contributed by atoms with Gasteiger partial charge in [-0.3, -0.25) is 0 Å². The molecule has 0 atom stereocenters. The number of aryl methyl sites for hydroxylation is 2. The maximum atomic E-state index is 13.7. The summed E-state index contributed by atoms with van der Waals surface area (Å²) in [5.74, 6) is -0.849. The summed E-state index contributed by atoms with van der Waals surface area (Å²) in [5.41, 5.74) is 2.78. The van der Waals surface area contributed by atoms with E-state index in [1.54, 1.807) is 11.0 Å². The van der Waals surface area contributed by atoms with E-state index in [4.69, 9.17) is 0 Å². The van der Waals surface area contributed by atoms with E-state index in [2.05, 4.69) is 20.2 Å². The van der Waals surface area contributed by atoms with Gasteiger partial charge in [-0.2, -0.15) is 0 Å². The van der Waals surface area contributed by atoms with E-state index in [1.807, 2.05) is 19.9 Å². The second kappa shape index (κ2) is 9.48. The fourth-order valence-electron chi connectivity index (χ4n) is 3.94. The number of nitrogens with one attached hydrogen (secondary N) is 1. The number of urea groups is 1. The molecule has 0 saturated carbocycles. The van der Waals surface area contributed by atoms with E-state index in [9.17, 15) is 18.0 Å². The van der Waals surface area contributed by atoms with Crippen LogP contribution in [0.5, 0.6) is 0 Å². The minimum absolute atomic E-state index is 0.195. The molecule has 1 saturated heterocycles. The van der Waals surface area contributed by atoms with E-state index in [1.165, 1.54) is 18.2 Å². The fraction of sp³-hybridized carbons (Fsp3) is 0.292. The normalized spacial score (nSPS) is 13.8. The molecule has 3 aromatic rings. The lowest BCUT2D eigenvalue weighted by molar-refractivity contribution is 0.208. The molecule has 1 aromatic heterocycles. The number of carbonyl (C=O) groups excluding carboxylic acids is 1. The Morgan fingerprint density at radius 1 is 0.970 bits per heavy atom. The zero-order valence-corrected chi connectivity index (χ0v) is 18.4. The Balaban J connectivity index is 1.46. The molecule has 172 valence electrons. The predicted octanol–water partition coefficient (Wildman–Crippen LogP) is 4.46. The molecule has 0 aliphatic carbocycles. The lowest BCUT2D eigenvalue weighted by Gasteiger charge is -2.36. The van der Waals surface area contributed by atoms with Gasteiger partial charge in [0.1, 0.15) is 17.5 Å². The van der Waals surface area contributed by atoms with Gasteiger partial charge in [-0.15, -0.1) is 0 Å². The number of carbonyl (C=O) groups is 1. The number of hydrogen-bond acceptors (Lipinski definition) is 4. The number of rotatable bonds is 4. The Labute approximate surface area is 190 Å². The highest BCUT2D eigenvalue weighted by molar-refractivity contribution is 5.89. The number of hydrogen-bond donors (Lipinski definition) is 1. The second-order valence-corrected chi connectivity index (χ2v) is 8.00. The smallest absolute Gasteiger partial charge is 0.321 e. The van der Waals surface area contributed by atoms with Crippen LogP contribution in [0.2, 0.25) is 0 Å². The highest BCUT2D eigenvalue weighted by Crippen LogP contribution is 2.25. The van der Waals surface area contributed by atoms with Crippen LogP contribution < -0.4 is 10.2 Å². The maximum absolute atomic E-state index is 13.7. The van der Waals surface area contributed by atoms with Crippen molar-refractivity contribution in [2.75, 3.05) is 36.4 Å². The number of nitrogens with zero attached hydrogens (tertiary/aromatic N) is 4. The predicted molar refractivity (Wildman–Crippen MR) is 120 cm³/mol. The van der Waals surface area contributed by atoms with Gasteiger partial charge in [-0.25, -0.2) is 27.9 Å². The SMILES string of the molecule is Cc1nc(C)c(Cc2cccc(F)c2)c(N2CCN(C(=O)Nc3ccc(F)c(F)c3)CC2)n1. The molecule has 0 unspecified atom stereocenters. The zero-order valence-electron chi connectivity index (χ0n) is 18.4. The Morgan fingerprint density at radius 2 is 1.73 bits per heavy atom. The number of aromatic nitrogens is 2. The van der Waals surface area contributed by atoms with Gasteiger partial charge in [0.05, 0.1) is 0 Å². The summed E-state index contributed by atoms with van der Waals surface area (Å²) in [5, 5.41) is 2.60. The number of piperazine rings is 1. The minimum atomic E-state index is -1.02. The molecule has 2 amide bonds. The third kappa shape index (κ3) is 5.24. The number of anilines is 2. The number of benzene rings is 2. The second-order valence-electron chi connectivity index (χ2n) is 8.00. The highest BCUT2D eigenvalue weighted by Gasteiger charge is 2.25. The summed E-state index contributed by atoms with van der Waals surface area (Å²) in [6.45, 7) is 5.68. The van der Waals surface area contributed by atoms with Gasteiger partial charge >= 0.3 is 6.03 Å². The molecular formula is C24H24F3N5O.